The number of rotatable bonds is 39. The number of unbranched alkanes of at least 4 members (excludes halogenated alkanes) is 7. The maximum Gasteiger partial charge on any atom is 0.220 e. The molecule has 12 N–H and O–H groups in total. The molecule has 0 spiro atoms. The molecular formula is C60H97NO18. The molecule has 3 saturated heterocycles. The normalized spacial score (nSPS) is 31.1. The summed E-state index contributed by atoms with van der Waals surface area (Å²) in [6, 6.07) is -1.00. The fraction of sp³-hybridized carbons (Fsp3) is 0.683. The van der Waals surface area contributed by atoms with E-state index >= 15 is 0 Å². The van der Waals surface area contributed by atoms with Gasteiger partial charge in [-0.2, -0.15) is 0 Å². The molecule has 3 heterocycles. The average Bonchev–Trinajstić information content (AvgIpc) is 3.47. The van der Waals surface area contributed by atoms with Crippen molar-refractivity contribution in [2.75, 3.05) is 26.4 Å². The van der Waals surface area contributed by atoms with Gasteiger partial charge in [0.15, 0.2) is 18.9 Å². The van der Waals surface area contributed by atoms with Crippen LogP contribution in [-0.2, 0) is 33.2 Å². The van der Waals surface area contributed by atoms with E-state index in [4.69, 9.17) is 28.4 Å². The van der Waals surface area contributed by atoms with Gasteiger partial charge >= 0.3 is 0 Å². The number of hydrogen-bond acceptors (Lipinski definition) is 18. The first-order valence-electron chi connectivity index (χ1n) is 28.6. The molecule has 17 atom stereocenters. The molecule has 3 aliphatic heterocycles. The maximum absolute atomic E-state index is 13.2. The number of carbonyl (C=O) groups excluding carboxylic acids is 1. The second-order valence-corrected chi connectivity index (χ2v) is 20.0. The lowest BCUT2D eigenvalue weighted by molar-refractivity contribution is -0.379. The first kappa shape index (κ1) is 69.7. The van der Waals surface area contributed by atoms with E-state index in [9.17, 15) is 61.0 Å². The Morgan fingerprint density at radius 3 is 1.35 bits per heavy atom. The van der Waals surface area contributed by atoms with Crippen LogP contribution in [-0.4, -0.2) is 193 Å². The molecule has 19 heteroatoms. The third-order valence-electron chi connectivity index (χ3n) is 13.6. The summed E-state index contributed by atoms with van der Waals surface area (Å²) in [6.07, 6.45) is 26.9. The highest BCUT2D eigenvalue weighted by Gasteiger charge is 2.53. The molecule has 0 radical (unpaired) electrons. The zero-order chi connectivity index (χ0) is 57.6. The largest absolute Gasteiger partial charge is 0.394 e. The van der Waals surface area contributed by atoms with Gasteiger partial charge in [-0.05, 0) is 83.5 Å². The van der Waals surface area contributed by atoms with E-state index in [1.54, 1.807) is 6.08 Å². The molecule has 0 aromatic rings. The van der Waals surface area contributed by atoms with Crippen molar-refractivity contribution in [3.63, 3.8) is 0 Å². The SMILES string of the molecule is CC/C=C\C/C=C\C/C=C\C/C=C\C/C=C\C/C=C\C/C=C\C/C=C\CCCCC(=O)NC(COC1OC(CO)C(OC2OC(CO)C(OC3OC(CO)C(O)C(O)C3O)C(O)C2O)C(O)C1O)C(O)/C=C/CCCCCCC. The van der Waals surface area contributed by atoms with E-state index in [2.05, 4.69) is 116 Å². The zero-order valence-corrected chi connectivity index (χ0v) is 46.5. The maximum atomic E-state index is 13.2. The van der Waals surface area contributed by atoms with Crippen molar-refractivity contribution in [3.8, 4) is 0 Å². The van der Waals surface area contributed by atoms with Crippen molar-refractivity contribution in [1.29, 1.82) is 0 Å². The van der Waals surface area contributed by atoms with Crippen LogP contribution in [0, 0.1) is 0 Å². The van der Waals surface area contributed by atoms with E-state index in [0.29, 0.717) is 12.8 Å². The van der Waals surface area contributed by atoms with Crippen LogP contribution in [0.15, 0.2) is 109 Å². The van der Waals surface area contributed by atoms with Gasteiger partial charge in [0.1, 0.15) is 73.2 Å². The minimum Gasteiger partial charge on any atom is -0.394 e. The number of carbonyl (C=O) groups is 1. The van der Waals surface area contributed by atoms with Crippen LogP contribution in [0.3, 0.4) is 0 Å². The molecule has 1 amide bonds. The lowest BCUT2D eigenvalue weighted by atomic mass is 9.96. The van der Waals surface area contributed by atoms with Crippen LogP contribution >= 0.6 is 0 Å². The molecular weight excluding hydrogens is 1020 g/mol. The van der Waals surface area contributed by atoms with E-state index in [1.807, 2.05) is 6.08 Å². The molecule has 0 saturated carbocycles. The van der Waals surface area contributed by atoms with Gasteiger partial charge < -0.3 is 89.9 Å². The number of aliphatic hydroxyl groups excluding tert-OH is 11. The van der Waals surface area contributed by atoms with Gasteiger partial charge in [0.25, 0.3) is 0 Å². The zero-order valence-electron chi connectivity index (χ0n) is 46.5. The van der Waals surface area contributed by atoms with Crippen LogP contribution in [0.5, 0.6) is 0 Å². The molecule has 0 aliphatic carbocycles. The second-order valence-electron chi connectivity index (χ2n) is 20.0. The third-order valence-corrected chi connectivity index (χ3v) is 13.6. The van der Waals surface area contributed by atoms with Crippen molar-refractivity contribution < 1.29 is 89.4 Å². The molecule has 0 bridgehead atoms. The summed E-state index contributed by atoms with van der Waals surface area (Å²) in [7, 11) is 0. The van der Waals surface area contributed by atoms with Crippen LogP contribution in [0.1, 0.15) is 129 Å². The van der Waals surface area contributed by atoms with Crippen molar-refractivity contribution >= 4 is 5.91 Å². The summed E-state index contributed by atoms with van der Waals surface area (Å²) < 4.78 is 34.0. The van der Waals surface area contributed by atoms with E-state index in [1.165, 1.54) is 0 Å². The summed E-state index contributed by atoms with van der Waals surface area (Å²) in [5.74, 6) is -0.330. The van der Waals surface area contributed by atoms with Crippen molar-refractivity contribution in [1.82, 2.24) is 5.32 Å². The Morgan fingerprint density at radius 2 is 0.873 bits per heavy atom. The molecule has 450 valence electrons. The minimum atomic E-state index is -1.99. The Balaban J connectivity index is 1.44. The number of allylic oxidation sites excluding steroid dienone is 17. The fourth-order valence-corrected chi connectivity index (χ4v) is 8.85. The van der Waals surface area contributed by atoms with Gasteiger partial charge in [0.2, 0.25) is 5.91 Å². The summed E-state index contributed by atoms with van der Waals surface area (Å²) in [4.78, 5) is 13.2. The van der Waals surface area contributed by atoms with Crippen LogP contribution in [0.4, 0.5) is 0 Å². The molecule has 0 aromatic heterocycles. The van der Waals surface area contributed by atoms with Crippen molar-refractivity contribution in [2.24, 2.45) is 0 Å². The summed E-state index contributed by atoms with van der Waals surface area (Å²) in [6.45, 7) is 1.45. The number of aliphatic hydroxyl groups is 11. The van der Waals surface area contributed by atoms with Gasteiger partial charge in [0.05, 0.1) is 38.6 Å². The van der Waals surface area contributed by atoms with E-state index in [0.717, 1.165) is 96.3 Å². The monoisotopic (exact) mass is 1120 g/mol. The summed E-state index contributed by atoms with van der Waals surface area (Å²) >= 11 is 0. The summed E-state index contributed by atoms with van der Waals surface area (Å²) in [5.41, 5.74) is 0. The highest BCUT2D eigenvalue weighted by atomic mass is 16.8. The molecule has 3 aliphatic rings. The topological polar surface area (TPSA) is 307 Å². The quantitative estimate of drug-likeness (QED) is 0.0301. The average molecular weight is 1120 g/mol. The highest BCUT2D eigenvalue weighted by Crippen LogP contribution is 2.33. The van der Waals surface area contributed by atoms with Gasteiger partial charge in [0, 0.05) is 6.42 Å². The van der Waals surface area contributed by atoms with Gasteiger partial charge in [-0.3, -0.25) is 4.79 Å². The Hall–Kier alpha value is -3.55. The number of nitrogens with one attached hydrogen (secondary N) is 1. The number of ether oxygens (including phenoxy) is 6. The first-order valence-corrected chi connectivity index (χ1v) is 28.6. The Morgan fingerprint density at radius 1 is 0.468 bits per heavy atom. The number of hydrogen-bond donors (Lipinski definition) is 12. The summed E-state index contributed by atoms with van der Waals surface area (Å²) in [5, 5.41) is 120. The second kappa shape index (κ2) is 42.3. The van der Waals surface area contributed by atoms with Crippen LogP contribution in [0.25, 0.3) is 0 Å². The fourth-order valence-electron chi connectivity index (χ4n) is 8.85. The van der Waals surface area contributed by atoms with Crippen molar-refractivity contribution in [3.05, 3.63) is 109 Å². The standard InChI is InChI=1S/C60H97NO18/c1-3-5-7-9-11-12-13-14-15-16-17-18-19-20-21-22-23-24-25-26-27-28-29-30-32-34-36-38-48(66)61-43(44(65)37-35-33-31-10-8-6-4-2)42-74-58-54(72)51(69)56(46(40-63)76-58)79-60-55(73)52(70)57(47(41-64)77-60)78-59-53(71)50(68)49(67)45(39-62)75-59/h5,7,11-12,14-15,17-18,20-21,23-24,26-27,29-30,35,37,43-47,49-60,62-65,67-73H,3-4,6,8-10,13,16,19,22,25,28,31-34,36,38-42H2,1-2H3,(H,61,66)/b7-5-,12-11-,15-14-,18-17-,21-20-,24-23-,27-26-,30-29-,37-35+. The first-order chi connectivity index (χ1) is 38.3. The molecule has 0 aromatic carbocycles. The van der Waals surface area contributed by atoms with Crippen molar-refractivity contribution in [2.45, 2.75) is 234 Å². The van der Waals surface area contributed by atoms with Gasteiger partial charge in [-0.25, -0.2) is 0 Å². The molecule has 3 rings (SSSR count). The van der Waals surface area contributed by atoms with Gasteiger partial charge in [-0.1, -0.05) is 149 Å². The molecule has 17 unspecified atom stereocenters. The minimum absolute atomic E-state index is 0.179. The number of amides is 1. The van der Waals surface area contributed by atoms with Crippen LogP contribution in [0.2, 0.25) is 0 Å². The lowest BCUT2D eigenvalue weighted by Gasteiger charge is -2.48. The predicted octanol–water partition coefficient (Wildman–Crippen LogP) is 4.36. The third kappa shape index (κ3) is 26.5. The Kier molecular flexibility index (Phi) is 37.3. The molecule has 3 fully saturated rings. The molecule has 19 nitrogen and oxygen atoms in total. The lowest BCUT2D eigenvalue weighted by Crippen LogP contribution is -2.66. The van der Waals surface area contributed by atoms with Gasteiger partial charge in [-0.15, -0.1) is 0 Å². The Bertz CT molecular complexity index is 1870. The Labute approximate surface area is 468 Å². The van der Waals surface area contributed by atoms with Crippen LogP contribution < -0.4 is 5.32 Å². The van der Waals surface area contributed by atoms with E-state index in [-0.39, 0.29) is 18.9 Å². The smallest absolute Gasteiger partial charge is 0.220 e. The highest BCUT2D eigenvalue weighted by molar-refractivity contribution is 5.76. The predicted molar refractivity (Wildman–Crippen MR) is 300 cm³/mol. The van der Waals surface area contributed by atoms with E-state index < -0.39 is 124 Å². The molecule has 79 heavy (non-hydrogen) atoms.